The Kier molecular flexibility index (Phi) is 2.89. The van der Waals surface area contributed by atoms with E-state index >= 15 is 0 Å². The van der Waals surface area contributed by atoms with E-state index in [0.717, 1.165) is 12.2 Å². The minimum absolute atomic E-state index is 0.483. The molecule has 0 aliphatic rings. The Balaban J connectivity index is 2.10. The molecule has 0 amide bonds. The average molecular weight is 227 g/mol. The van der Waals surface area contributed by atoms with Crippen molar-refractivity contribution in [2.24, 2.45) is 0 Å². The molecule has 0 aliphatic heterocycles. The predicted molar refractivity (Wildman–Crippen MR) is 59.9 cm³/mol. The van der Waals surface area contributed by atoms with Crippen LogP contribution < -0.4 is 0 Å². The normalized spacial score (nSPS) is 10.7. The molecule has 0 unspecified atom stereocenters. The molecule has 2 aromatic heterocycles. The average Bonchev–Trinajstić information content (AvgIpc) is 2.76. The van der Waals surface area contributed by atoms with Crippen LogP contribution in [0.3, 0.4) is 0 Å². The molecule has 2 heterocycles. The summed E-state index contributed by atoms with van der Waals surface area (Å²) >= 11 is 7.45. The van der Waals surface area contributed by atoms with Crippen molar-refractivity contribution in [2.45, 2.75) is 19.3 Å². The molecule has 4 heteroatoms. The monoisotopic (exact) mass is 226 g/mol. The van der Waals surface area contributed by atoms with Gasteiger partial charge in [0.1, 0.15) is 0 Å². The highest BCUT2D eigenvalue weighted by Crippen LogP contribution is 2.15. The third kappa shape index (κ3) is 2.16. The van der Waals surface area contributed by atoms with Gasteiger partial charge in [0.15, 0.2) is 0 Å². The minimum Gasteiger partial charge on any atom is -0.332 e. The molecular weight excluding hydrogens is 216 g/mol. The highest BCUT2D eigenvalue weighted by molar-refractivity contribution is 7.10. The fourth-order valence-corrected chi connectivity index (χ4v) is 2.34. The second kappa shape index (κ2) is 4.15. The summed E-state index contributed by atoms with van der Waals surface area (Å²) in [6.07, 6.45) is 3.81. The van der Waals surface area contributed by atoms with Crippen molar-refractivity contribution in [1.29, 1.82) is 0 Å². The van der Waals surface area contributed by atoms with Crippen molar-refractivity contribution in [3.63, 3.8) is 0 Å². The SMILES string of the molecule is Cc1csc(Cn2cnc(CCl)c2)c1. The number of rotatable bonds is 3. The highest BCUT2D eigenvalue weighted by atomic mass is 35.5. The van der Waals surface area contributed by atoms with Crippen molar-refractivity contribution >= 4 is 22.9 Å². The lowest BCUT2D eigenvalue weighted by molar-refractivity contribution is 0.809. The predicted octanol–water partition coefficient (Wildman–Crippen LogP) is 3.04. The first-order chi connectivity index (χ1) is 6.78. The summed E-state index contributed by atoms with van der Waals surface area (Å²) in [4.78, 5) is 5.52. The molecule has 0 fully saturated rings. The Morgan fingerprint density at radius 1 is 1.57 bits per heavy atom. The van der Waals surface area contributed by atoms with E-state index in [2.05, 4.69) is 27.9 Å². The van der Waals surface area contributed by atoms with Crippen LogP contribution in [0.25, 0.3) is 0 Å². The van der Waals surface area contributed by atoms with Gasteiger partial charge < -0.3 is 4.57 Å². The summed E-state index contributed by atoms with van der Waals surface area (Å²) < 4.78 is 2.06. The third-order valence-electron chi connectivity index (χ3n) is 1.95. The van der Waals surface area contributed by atoms with Gasteiger partial charge in [0.2, 0.25) is 0 Å². The number of hydrogen-bond donors (Lipinski definition) is 0. The molecule has 0 atom stereocenters. The summed E-state index contributed by atoms with van der Waals surface area (Å²) in [5.74, 6) is 0.483. The molecule has 0 aliphatic carbocycles. The molecule has 0 saturated heterocycles. The molecule has 74 valence electrons. The van der Waals surface area contributed by atoms with Crippen LogP contribution in [0, 0.1) is 6.92 Å². The lowest BCUT2D eigenvalue weighted by atomic mass is 10.3. The Morgan fingerprint density at radius 3 is 3.00 bits per heavy atom. The van der Waals surface area contributed by atoms with E-state index in [-0.39, 0.29) is 0 Å². The zero-order valence-electron chi connectivity index (χ0n) is 7.90. The van der Waals surface area contributed by atoms with Crippen molar-refractivity contribution in [2.75, 3.05) is 0 Å². The molecule has 0 radical (unpaired) electrons. The number of imidazole rings is 1. The summed E-state index contributed by atoms with van der Waals surface area (Å²) in [5, 5.41) is 2.16. The standard InChI is InChI=1S/C10H11ClN2S/c1-8-2-10(14-6-8)5-13-4-9(3-11)12-7-13/h2,4,6-7H,3,5H2,1H3. The van der Waals surface area contributed by atoms with Gasteiger partial charge in [-0.2, -0.15) is 0 Å². The second-order valence-corrected chi connectivity index (χ2v) is 4.52. The van der Waals surface area contributed by atoms with Crippen LogP contribution in [-0.4, -0.2) is 9.55 Å². The minimum atomic E-state index is 0.483. The summed E-state index contributed by atoms with van der Waals surface area (Å²) in [6, 6.07) is 2.20. The van der Waals surface area contributed by atoms with Crippen LogP contribution in [0.5, 0.6) is 0 Å². The van der Waals surface area contributed by atoms with E-state index in [1.54, 1.807) is 11.3 Å². The highest BCUT2D eigenvalue weighted by Gasteiger charge is 2.00. The Bertz CT molecular complexity index is 419. The second-order valence-electron chi connectivity index (χ2n) is 3.26. The smallest absolute Gasteiger partial charge is 0.0953 e. The molecular formula is C10H11ClN2S. The summed E-state index contributed by atoms with van der Waals surface area (Å²) in [5.41, 5.74) is 2.25. The third-order valence-corrected chi connectivity index (χ3v) is 3.26. The number of hydrogen-bond acceptors (Lipinski definition) is 2. The molecule has 2 nitrogen and oxygen atoms in total. The van der Waals surface area contributed by atoms with Gasteiger partial charge in [-0.15, -0.1) is 22.9 Å². The number of aryl methyl sites for hydroxylation is 1. The van der Waals surface area contributed by atoms with Crippen LogP contribution in [0.1, 0.15) is 16.1 Å². The van der Waals surface area contributed by atoms with Crippen LogP contribution in [0.4, 0.5) is 0 Å². The lowest BCUT2D eigenvalue weighted by Crippen LogP contribution is -1.93. The first-order valence-corrected chi connectivity index (χ1v) is 5.80. The summed E-state index contributed by atoms with van der Waals surface area (Å²) in [7, 11) is 0. The van der Waals surface area contributed by atoms with Gasteiger partial charge in [-0.25, -0.2) is 4.98 Å². The van der Waals surface area contributed by atoms with Gasteiger partial charge in [0, 0.05) is 11.1 Å². The van der Waals surface area contributed by atoms with Gasteiger partial charge in [-0.3, -0.25) is 0 Å². The van der Waals surface area contributed by atoms with Gasteiger partial charge in [-0.05, 0) is 23.9 Å². The zero-order chi connectivity index (χ0) is 9.97. The van der Waals surface area contributed by atoms with Crippen molar-refractivity contribution in [3.05, 3.63) is 40.1 Å². The van der Waals surface area contributed by atoms with Gasteiger partial charge in [0.05, 0.1) is 24.4 Å². The fraction of sp³-hybridized carbons (Fsp3) is 0.300. The molecule has 0 N–H and O–H groups in total. The van der Waals surface area contributed by atoms with Gasteiger partial charge in [0.25, 0.3) is 0 Å². The van der Waals surface area contributed by atoms with Crippen molar-refractivity contribution in [1.82, 2.24) is 9.55 Å². The molecule has 0 spiro atoms. The zero-order valence-corrected chi connectivity index (χ0v) is 9.48. The van der Waals surface area contributed by atoms with E-state index in [0.29, 0.717) is 5.88 Å². The van der Waals surface area contributed by atoms with Crippen LogP contribution in [0.15, 0.2) is 24.0 Å². The van der Waals surface area contributed by atoms with Crippen LogP contribution in [-0.2, 0) is 12.4 Å². The largest absolute Gasteiger partial charge is 0.332 e. The lowest BCUT2D eigenvalue weighted by Gasteiger charge is -1.97. The first kappa shape index (κ1) is 9.74. The van der Waals surface area contributed by atoms with E-state index in [1.165, 1.54) is 10.4 Å². The Hall–Kier alpha value is -0.800. The number of halogens is 1. The molecule has 2 aromatic rings. The Morgan fingerprint density at radius 2 is 2.43 bits per heavy atom. The van der Waals surface area contributed by atoms with E-state index in [1.807, 2.05) is 12.5 Å². The van der Waals surface area contributed by atoms with Crippen LogP contribution >= 0.6 is 22.9 Å². The molecule has 0 aromatic carbocycles. The quantitative estimate of drug-likeness (QED) is 0.736. The van der Waals surface area contributed by atoms with Crippen molar-refractivity contribution in [3.8, 4) is 0 Å². The number of alkyl halides is 1. The molecule has 0 saturated carbocycles. The maximum atomic E-state index is 5.67. The van der Waals surface area contributed by atoms with E-state index < -0.39 is 0 Å². The van der Waals surface area contributed by atoms with Gasteiger partial charge >= 0.3 is 0 Å². The van der Waals surface area contributed by atoms with Crippen molar-refractivity contribution < 1.29 is 0 Å². The van der Waals surface area contributed by atoms with E-state index in [9.17, 15) is 0 Å². The molecule has 0 bridgehead atoms. The van der Waals surface area contributed by atoms with Gasteiger partial charge in [-0.1, -0.05) is 0 Å². The maximum absolute atomic E-state index is 5.67. The van der Waals surface area contributed by atoms with E-state index in [4.69, 9.17) is 11.6 Å². The number of thiophene rings is 1. The summed E-state index contributed by atoms with van der Waals surface area (Å²) in [6.45, 7) is 3.00. The number of aromatic nitrogens is 2. The van der Waals surface area contributed by atoms with Crippen LogP contribution in [0.2, 0.25) is 0 Å². The Labute approximate surface area is 92.2 Å². The fourth-order valence-electron chi connectivity index (χ4n) is 1.32. The molecule has 14 heavy (non-hydrogen) atoms. The maximum Gasteiger partial charge on any atom is 0.0953 e. The topological polar surface area (TPSA) is 17.8 Å². The molecule has 2 rings (SSSR count). The number of nitrogens with zero attached hydrogens (tertiary/aromatic N) is 2. The first-order valence-electron chi connectivity index (χ1n) is 4.38.